The Morgan fingerprint density at radius 2 is 1.78 bits per heavy atom. The lowest BCUT2D eigenvalue weighted by atomic mass is 9.99. The summed E-state index contributed by atoms with van der Waals surface area (Å²) < 4.78 is 5.61. The van der Waals surface area contributed by atoms with E-state index in [1.54, 1.807) is 7.11 Å². The van der Waals surface area contributed by atoms with Crippen molar-refractivity contribution in [1.29, 1.82) is 0 Å². The van der Waals surface area contributed by atoms with Crippen molar-refractivity contribution in [3.8, 4) is 17.3 Å². The van der Waals surface area contributed by atoms with Crippen molar-refractivity contribution >= 4 is 5.91 Å². The van der Waals surface area contributed by atoms with Gasteiger partial charge in [0, 0.05) is 56.3 Å². The number of carbonyl (C=O) groups excluding carboxylic acids is 1. The van der Waals surface area contributed by atoms with Gasteiger partial charge < -0.3 is 15.0 Å². The summed E-state index contributed by atoms with van der Waals surface area (Å²) in [5.74, 6) is 1.50. The fourth-order valence-electron chi connectivity index (χ4n) is 4.70. The summed E-state index contributed by atoms with van der Waals surface area (Å²) in [6, 6.07) is 9.98. The monoisotopic (exact) mass is 437 g/mol. The molecule has 1 aromatic carbocycles. The molecule has 2 heterocycles. The summed E-state index contributed by atoms with van der Waals surface area (Å²) in [5.41, 5.74) is 3.04. The van der Waals surface area contributed by atoms with E-state index < -0.39 is 0 Å². The molecule has 0 radical (unpaired) electrons. The molecule has 2 aliphatic rings. The number of nitrogens with zero attached hydrogens (tertiary/aromatic N) is 4. The van der Waals surface area contributed by atoms with Crippen LogP contribution in [0.1, 0.15) is 31.0 Å². The minimum Gasteiger partial charge on any atom is -0.481 e. The number of carbonyl (C=O) groups is 1. The van der Waals surface area contributed by atoms with Crippen LogP contribution in [0.4, 0.5) is 0 Å². The zero-order chi connectivity index (χ0) is 22.3. The third-order valence-corrected chi connectivity index (χ3v) is 6.76. The Balaban J connectivity index is 1.33. The molecule has 0 saturated carbocycles. The molecule has 1 fully saturated rings. The fourth-order valence-corrected chi connectivity index (χ4v) is 4.70. The van der Waals surface area contributed by atoms with Gasteiger partial charge in [-0.15, -0.1) is 0 Å². The number of piperazine rings is 1. The fraction of sp³-hybridized carbons (Fsp3) is 0.560. The quantitative estimate of drug-likeness (QED) is 0.671. The highest BCUT2D eigenvalue weighted by molar-refractivity contribution is 5.78. The summed E-state index contributed by atoms with van der Waals surface area (Å²) in [5, 5.41) is 3.18. The number of rotatable bonds is 7. The van der Waals surface area contributed by atoms with Crippen LogP contribution in [-0.2, 0) is 17.6 Å². The smallest absolute Gasteiger partial charge is 0.223 e. The molecule has 0 bridgehead atoms. The van der Waals surface area contributed by atoms with E-state index in [4.69, 9.17) is 9.72 Å². The second-order valence-corrected chi connectivity index (χ2v) is 8.69. The van der Waals surface area contributed by atoms with Crippen LogP contribution in [0.3, 0.4) is 0 Å². The molecular formula is C25H35N5O2. The van der Waals surface area contributed by atoms with E-state index in [9.17, 15) is 4.79 Å². The van der Waals surface area contributed by atoms with Crippen molar-refractivity contribution < 1.29 is 9.53 Å². The maximum absolute atomic E-state index is 12.9. The number of nitrogens with one attached hydrogen (secondary N) is 1. The molecule has 1 N–H and O–H groups in total. The Morgan fingerprint density at radius 3 is 2.50 bits per heavy atom. The van der Waals surface area contributed by atoms with Gasteiger partial charge in [0.05, 0.1) is 12.8 Å². The Bertz CT molecular complexity index is 897. The molecule has 172 valence electrons. The average molecular weight is 438 g/mol. The number of aromatic nitrogens is 2. The van der Waals surface area contributed by atoms with E-state index in [1.165, 1.54) is 0 Å². The third-order valence-electron chi connectivity index (χ3n) is 6.76. The maximum atomic E-state index is 12.9. The van der Waals surface area contributed by atoms with E-state index in [2.05, 4.69) is 27.0 Å². The van der Waals surface area contributed by atoms with Crippen LogP contribution >= 0.6 is 0 Å². The molecule has 2 aromatic rings. The number of hydrogen-bond donors (Lipinski definition) is 1. The average Bonchev–Trinajstić information content (AvgIpc) is 3.07. The summed E-state index contributed by atoms with van der Waals surface area (Å²) in [4.78, 5) is 27.3. The summed E-state index contributed by atoms with van der Waals surface area (Å²) in [7, 11) is 1.66. The van der Waals surface area contributed by atoms with Crippen LogP contribution in [-0.4, -0.2) is 78.6 Å². The van der Waals surface area contributed by atoms with Gasteiger partial charge in [0.15, 0.2) is 5.82 Å². The Morgan fingerprint density at radius 1 is 1.06 bits per heavy atom. The van der Waals surface area contributed by atoms with Crippen molar-refractivity contribution in [1.82, 2.24) is 25.1 Å². The molecule has 1 aliphatic carbocycles. The second-order valence-electron chi connectivity index (χ2n) is 8.69. The van der Waals surface area contributed by atoms with E-state index in [1.807, 2.05) is 30.3 Å². The van der Waals surface area contributed by atoms with Crippen molar-refractivity contribution in [2.24, 2.45) is 5.92 Å². The molecule has 4 rings (SSSR count). The first-order chi connectivity index (χ1) is 15.7. The van der Waals surface area contributed by atoms with Gasteiger partial charge in [-0.1, -0.05) is 37.3 Å². The lowest BCUT2D eigenvalue weighted by Crippen LogP contribution is -2.48. The summed E-state index contributed by atoms with van der Waals surface area (Å²) >= 11 is 0. The van der Waals surface area contributed by atoms with Gasteiger partial charge >= 0.3 is 0 Å². The molecule has 1 unspecified atom stereocenters. The maximum Gasteiger partial charge on any atom is 0.223 e. The zero-order valence-electron chi connectivity index (χ0n) is 19.3. The molecule has 1 amide bonds. The van der Waals surface area contributed by atoms with Crippen molar-refractivity contribution in [2.75, 3.05) is 52.9 Å². The molecule has 1 aliphatic heterocycles. The Kier molecular flexibility index (Phi) is 7.71. The Hall–Kier alpha value is -2.51. The van der Waals surface area contributed by atoms with Crippen LogP contribution in [0.5, 0.6) is 5.88 Å². The van der Waals surface area contributed by atoms with Crippen LogP contribution in [0.15, 0.2) is 30.3 Å². The first-order valence-electron chi connectivity index (χ1n) is 11.9. The highest BCUT2D eigenvalue weighted by Gasteiger charge is 2.26. The first kappa shape index (κ1) is 22.7. The second kappa shape index (κ2) is 10.9. The predicted octanol–water partition coefficient (Wildman–Crippen LogP) is 2.40. The molecule has 1 atom stereocenters. The van der Waals surface area contributed by atoms with Gasteiger partial charge in [0.1, 0.15) is 0 Å². The number of ether oxygens (including phenoxy) is 1. The van der Waals surface area contributed by atoms with E-state index in [0.29, 0.717) is 11.7 Å². The Labute approximate surface area is 191 Å². The van der Waals surface area contributed by atoms with Gasteiger partial charge in [-0.3, -0.25) is 9.69 Å². The first-order valence-corrected chi connectivity index (χ1v) is 11.9. The zero-order valence-corrected chi connectivity index (χ0v) is 19.3. The SMILES string of the molecule is CCN1CCN(CCNC(=O)C2CCc3nc(-c4ccccc4)nc(OC)c3CC2)CC1. The number of hydrogen-bond acceptors (Lipinski definition) is 6. The minimum atomic E-state index is 0.00557. The molecule has 32 heavy (non-hydrogen) atoms. The molecular weight excluding hydrogens is 402 g/mol. The third kappa shape index (κ3) is 5.45. The number of likely N-dealkylation sites (N-methyl/N-ethyl adjacent to an activating group) is 1. The number of amides is 1. The largest absolute Gasteiger partial charge is 0.481 e. The normalized spacial score (nSPS) is 19.8. The highest BCUT2D eigenvalue weighted by Crippen LogP contribution is 2.31. The number of aryl methyl sites for hydroxylation is 1. The van der Waals surface area contributed by atoms with Gasteiger partial charge in [-0.25, -0.2) is 4.98 Å². The van der Waals surface area contributed by atoms with Crippen LogP contribution in [0.2, 0.25) is 0 Å². The number of methoxy groups -OCH3 is 1. The number of fused-ring (bicyclic) bond motifs is 1. The summed E-state index contributed by atoms with van der Waals surface area (Å²) in [6.07, 6.45) is 3.15. The molecule has 7 nitrogen and oxygen atoms in total. The van der Waals surface area contributed by atoms with Crippen molar-refractivity contribution in [2.45, 2.75) is 32.6 Å². The minimum absolute atomic E-state index is 0.00557. The lowest BCUT2D eigenvalue weighted by molar-refractivity contribution is -0.125. The van der Waals surface area contributed by atoms with Crippen molar-refractivity contribution in [3.63, 3.8) is 0 Å². The van der Waals surface area contributed by atoms with E-state index >= 15 is 0 Å². The van der Waals surface area contributed by atoms with Crippen LogP contribution in [0.25, 0.3) is 11.4 Å². The lowest BCUT2D eigenvalue weighted by Gasteiger charge is -2.34. The standard InChI is InChI=1S/C25H35N5O2/c1-3-29-15-17-30(18-16-29)14-13-26-24(31)20-9-11-21-22(12-10-20)27-23(28-25(21)32-2)19-7-5-4-6-8-19/h4-8,20H,3,9-18H2,1-2H3,(H,26,31). The van der Waals surface area contributed by atoms with Crippen molar-refractivity contribution in [3.05, 3.63) is 41.6 Å². The van der Waals surface area contributed by atoms with Crippen LogP contribution < -0.4 is 10.1 Å². The van der Waals surface area contributed by atoms with Gasteiger partial charge in [-0.2, -0.15) is 4.98 Å². The highest BCUT2D eigenvalue weighted by atomic mass is 16.5. The molecule has 7 heteroatoms. The predicted molar refractivity (Wildman–Crippen MR) is 126 cm³/mol. The van der Waals surface area contributed by atoms with Gasteiger partial charge in [0.25, 0.3) is 0 Å². The van der Waals surface area contributed by atoms with Gasteiger partial charge in [-0.05, 0) is 32.2 Å². The van der Waals surface area contributed by atoms with E-state index in [-0.39, 0.29) is 11.8 Å². The van der Waals surface area contributed by atoms with E-state index in [0.717, 1.165) is 88.3 Å². The van der Waals surface area contributed by atoms with Crippen LogP contribution in [0, 0.1) is 5.92 Å². The summed E-state index contributed by atoms with van der Waals surface area (Å²) in [6.45, 7) is 9.40. The molecule has 1 aromatic heterocycles. The molecule has 0 spiro atoms. The number of benzene rings is 1. The molecule has 1 saturated heterocycles. The van der Waals surface area contributed by atoms with Gasteiger partial charge in [0.2, 0.25) is 11.8 Å². The topological polar surface area (TPSA) is 70.6 Å².